The molecule has 24 heavy (non-hydrogen) atoms. The highest BCUT2D eigenvalue weighted by atomic mass is 127. The SMILES string of the molecule is CCCCC(CNC(=O)OC(C)(C)C)NC(N)=NCC1CCC1.I. The maximum Gasteiger partial charge on any atom is 0.407 e. The van der Waals surface area contributed by atoms with Crippen LogP contribution >= 0.6 is 24.0 Å². The molecule has 1 aliphatic carbocycles. The minimum Gasteiger partial charge on any atom is -0.444 e. The van der Waals surface area contributed by atoms with Gasteiger partial charge in [0.1, 0.15) is 5.60 Å². The molecule has 7 heteroatoms. The number of amides is 1. The lowest BCUT2D eigenvalue weighted by Crippen LogP contribution is -2.47. The first kappa shape index (κ1) is 23.3. The van der Waals surface area contributed by atoms with Gasteiger partial charge < -0.3 is 21.1 Å². The Hall–Kier alpha value is -0.730. The largest absolute Gasteiger partial charge is 0.444 e. The molecule has 6 nitrogen and oxygen atoms in total. The van der Waals surface area contributed by atoms with Crippen LogP contribution in [-0.4, -0.2) is 36.8 Å². The van der Waals surface area contributed by atoms with Crippen LogP contribution in [0.4, 0.5) is 4.79 Å². The molecular weight excluding hydrogens is 419 g/mol. The second kappa shape index (κ2) is 11.8. The minimum atomic E-state index is -0.486. The third kappa shape index (κ3) is 10.9. The molecule has 1 unspecified atom stereocenters. The fourth-order valence-corrected chi connectivity index (χ4v) is 2.35. The van der Waals surface area contributed by atoms with Gasteiger partial charge in [-0.25, -0.2) is 4.79 Å². The summed E-state index contributed by atoms with van der Waals surface area (Å²) in [6, 6.07) is 0.0765. The van der Waals surface area contributed by atoms with E-state index >= 15 is 0 Å². The molecule has 1 aliphatic rings. The van der Waals surface area contributed by atoms with E-state index in [4.69, 9.17) is 10.5 Å². The number of nitrogens with one attached hydrogen (secondary N) is 2. The van der Waals surface area contributed by atoms with E-state index in [1.807, 2.05) is 20.8 Å². The van der Waals surface area contributed by atoms with Crippen molar-refractivity contribution < 1.29 is 9.53 Å². The van der Waals surface area contributed by atoms with Gasteiger partial charge in [0.05, 0.1) is 0 Å². The number of ether oxygens (including phenoxy) is 1. The molecule has 4 N–H and O–H groups in total. The molecule has 0 aliphatic heterocycles. The van der Waals surface area contributed by atoms with E-state index in [0.717, 1.165) is 25.8 Å². The summed E-state index contributed by atoms with van der Waals surface area (Å²) in [4.78, 5) is 16.2. The lowest BCUT2D eigenvalue weighted by atomic mass is 9.86. The van der Waals surface area contributed by atoms with E-state index < -0.39 is 11.7 Å². The molecule has 1 saturated carbocycles. The lowest BCUT2D eigenvalue weighted by Gasteiger charge is -2.25. The van der Waals surface area contributed by atoms with Crippen LogP contribution in [0.3, 0.4) is 0 Å². The topological polar surface area (TPSA) is 88.7 Å². The highest BCUT2D eigenvalue weighted by Crippen LogP contribution is 2.26. The molecule has 1 fully saturated rings. The number of hydrogen-bond acceptors (Lipinski definition) is 3. The van der Waals surface area contributed by atoms with Crippen LogP contribution in [0.2, 0.25) is 0 Å². The van der Waals surface area contributed by atoms with Gasteiger partial charge in [-0.15, -0.1) is 24.0 Å². The first-order valence-corrected chi connectivity index (χ1v) is 8.83. The van der Waals surface area contributed by atoms with Gasteiger partial charge in [0.2, 0.25) is 0 Å². The van der Waals surface area contributed by atoms with Crippen molar-refractivity contribution in [1.82, 2.24) is 10.6 Å². The zero-order valence-electron chi connectivity index (χ0n) is 15.6. The molecule has 1 atom stereocenters. The van der Waals surface area contributed by atoms with Crippen molar-refractivity contribution in [3.8, 4) is 0 Å². The van der Waals surface area contributed by atoms with Crippen molar-refractivity contribution in [2.45, 2.75) is 77.9 Å². The van der Waals surface area contributed by atoms with E-state index in [1.54, 1.807) is 0 Å². The van der Waals surface area contributed by atoms with E-state index in [9.17, 15) is 4.79 Å². The third-order valence-corrected chi connectivity index (χ3v) is 3.89. The van der Waals surface area contributed by atoms with Crippen molar-refractivity contribution in [1.29, 1.82) is 0 Å². The normalized spacial score (nSPS) is 16.6. The molecule has 0 bridgehead atoms. The Morgan fingerprint density at radius 2 is 2.04 bits per heavy atom. The smallest absolute Gasteiger partial charge is 0.407 e. The Kier molecular flexibility index (Phi) is 11.4. The Morgan fingerprint density at radius 3 is 2.54 bits per heavy atom. The number of guanidine groups is 1. The monoisotopic (exact) mass is 454 g/mol. The molecular formula is C17H35IN4O2. The number of nitrogens with two attached hydrogens (primary N) is 1. The Bertz CT molecular complexity index is 393. The van der Waals surface area contributed by atoms with Crippen molar-refractivity contribution >= 4 is 36.0 Å². The van der Waals surface area contributed by atoms with E-state index in [2.05, 4.69) is 22.5 Å². The van der Waals surface area contributed by atoms with Crippen LogP contribution in [-0.2, 0) is 4.74 Å². The maximum atomic E-state index is 11.8. The molecule has 0 aromatic rings. The van der Waals surface area contributed by atoms with E-state index in [1.165, 1.54) is 19.3 Å². The summed E-state index contributed by atoms with van der Waals surface area (Å²) < 4.78 is 5.26. The van der Waals surface area contributed by atoms with Crippen LogP contribution < -0.4 is 16.4 Å². The molecule has 0 spiro atoms. The second-order valence-corrected chi connectivity index (χ2v) is 7.39. The number of carbonyl (C=O) groups is 1. The molecule has 1 rings (SSSR count). The van der Waals surface area contributed by atoms with Crippen molar-refractivity contribution in [2.75, 3.05) is 13.1 Å². The molecule has 0 saturated heterocycles. The van der Waals surface area contributed by atoms with Gasteiger partial charge in [-0.2, -0.15) is 0 Å². The summed E-state index contributed by atoms with van der Waals surface area (Å²) in [5.41, 5.74) is 5.49. The molecule has 142 valence electrons. The number of aliphatic imine (C=N–C) groups is 1. The number of unbranched alkanes of at least 4 members (excludes halogenated alkanes) is 1. The van der Waals surface area contributed by atoms with Crippen LogP contribution in [0.15, 0.2) is 4.99 Å². The zero-order valence-corrected chi connectivity index (χ0v) is 17.9. The fourth-order valence-electron chi connectivity index (χ4n) is 2.35. The number of nitrogens with zero attached hydrogens (tertiary/aromatic N) is 1. The Morgan fingerprint density at radius 1 is 1.38 bits per heavy atom. The van der Waals surface area contributed by atoms with Crippen molar-refractivity contribution in [2.24, 2.45) is 16.6 Å². The predicted octanol–water partition coefficient (Wildman–Crippen LogP) is 3.39. The van der Waals surface area contributed by atoms with Crippen molar-refractivity contribution in [3.05, 3.63) is 0 Å². The van der Waals surface area contributed by atoms with Crippen LogP contribution in [0.1, 0.15) is 66.2 Å². The highest BCUT2D eigenvalue weighted by molar-refractivity contribution is 14.0. The maximum absolute atomic E-state index is 11.8. The van der Waals surface area contributed by atoms with E-state index in [0.29, 0.717) is 18.4 Å². The Labute approximate surface area is 163 Å². The first-order valence-electron chi connectivity index (χ1n) is 8.83. The summed E-state index contributed by atoms with van der Waals surface area (Å²) in [5, 5.41) is 6.04. The summed E-state index contributed by atoms with van der Waals surface area (Å²) in [7, 11) is 0. The average molecular weight is 454 g/mol. The number of halogens is 1. The summed E-state index contributed by atoms with van der Waals surface area (Å²) in [5.74, 6) is 1.17. The summed E-state index contributed by atoms with van der Waals surface area (Å²) in [6.07, 6.45) is 6.55. The number of carbonyl (C=O) groups excluding carboxylic acids is 1. The van der Waals surface area contributed by atoms with Gasteiger partial charge >= 0.3 is 6.09 Å². The van der Waals surface area contributed by atoms with Gasteiger partial charge in [0, 0.05) is 19.1 Å². The lowest BCUT2D eigenvalue weighted by molar-refractivity contribution is 0.0523. The summed E-state index contributed by atoms with van der Waals surface area (Å²) in [6.45, 7) is 8.99. The second-order valence-electron chi connectivity index (χ2n) is 7.39. The van der Waals surface area contributed by atoms with E-state index in [-0.39, 0.29) is 30.0 Å². The number of alkyl carbamates (subject to hydrolysis) is 1. The van der Waals surface area contributed by atoms with Gasteiger partial charge in [0.15, 0.2) is 5.96 Å². The number of hydrogen-bond donors (Lipinski definition) is 3. The van der Waals surface area contributed by atoms with Crippen LogP contribution in [0.5, 0.6) is 0 Å². The van der Waals surface area contributed by atoms with Crippen LogP contribution in [0.25, 0.3) is 0 Å². The van der Waals surface area contributed by atoms with Gasteiger partial charge in [-0.05, 0) is 46.0 Å². The quantitative estimate of drug-likeness (QED) is 0.298. The third-order valence-electron chi connectivity index (χ3n) is 3.89. The van der Waals surface area contributed by atoms with Crippen LogP contribution in [0, 0.1) is 5.92 Å². The van der Waals surface area contributed by atoms with Gasteiger partial charge in [0.25, 0.3) is 0 Å². The van der Waals surface area contributed by atoms with Gasteiger partial charge in [-0.1, -0.05) is 26.2 Å². The average Bonchev–Trinajstić information content (AvgIpc) is 2.38. The molecule has 0 aromatic heterocycles. The van der Waals surface area contributed by atoms with Crippen molar-refractivity contribution in [3.63, 3.8) is 0 Å². The first-order chi connectivity index (χ1) is 10.8. The highest BCUT2D eigenvalue weighted by Gasteiger charge is 2.19. The number of rotatable bonds is 8. The minimum absolute atomic E-state index is 0. The molecule has 0 heterocycles. The predicted molar refractivity (Wildman–Crippen MR) is 110 cm³/mol. The molecule has 1 amide bonds. The van der Waals surface area contributed by atoms with Gasteiger partial charge in [-0.3, -0.25) is 4.99 Å². The molecule has 0 radical (unpaired) electrons. The Balaban J connectivity index is 0.00000529. The zero-order chi connectivity index (χ0) is 17.3. The summed E-state index contributed by atoms with van der Waals surface area (Å²) >= 11 is 0. The fraction of sp³-hybridized carbons (Fsp3) is 0.882. The molecule has 0 aromatic carbocycles. The standard InChI is InChI=1S/C17H34N4O2.HI/c1-5-6-10-14(12-20-16(22)23-17(2,3)4)21-15(18)19-11-13-8-7-9-13;/h13-14H,5-12H2,1-4H3,(H,20,22)(H3,18,19,21);1H.